The predicted octanol–water partition coefficient (Wildman–Crippen LogP) is 0.754. The van der Waals surface area contributed by atoms with E-state index in [9.17, 15) is 4.79 Å². The SMILES string of the molecule is C=C(C)C(=O)OCC.O=[P+](O)O. The Kier molecular flexibility index (Phi) is 9.57. The molecular formula is C6H12O5P+. The van der Waals surface area contributed by atoms with Crippen LogP contribution in [0, 0.1) is 0 Å². The normalized spacial score (nSPS) is 7.67. The summed E-state index contributed by atoms with van der Waals surface area (Å²) in [6.07, 6.45) is 0. The number of rotatable bonds is 2. The van der Waals surface area contributed by atoms with Gasteiger partial charge in [0.05, 0.1) is 6.61 Å². The van der Waals surface area contributed by atoms with Crippen LogP contribution in [-0.2, 0) is 14.1 Å². The lowest BCUT2D eigenvalue weighted by atomic mass is 10.4. The van der Waals surface area contributed by atoms with Crippen molar-refractivity contribution in [3.63, 3.8) is 0 Å². The highest BCUT2D eigenvalue weighted by atomic mass is 31.1. The fourth-order valence-electron chi connectivity index (χ4n) is 0.254. The maximum atomic E-state index is 10.4. The molecule has 0 rings (SSSR count). The van der Waals surface area contributed by atoms with E-state index >= 15 is 0 Å². The third-order valence-corrected chi connectivity index (χ3v) is 0.624. The van der Waals surface area contributed by atoms with Crippen LogP contribution in [0.2, 0.25) is 0 Å². The summed E-state index contributed by atoms with van der Waals surface area (Å²) in [5, 5.41) is 0. The van der Waals surface area contributed by atoms with Crippen molar-refractivity contribution < 1.29 is 23.9 Å². The van der Waals surface area contributed by atoms with Gasteiger partial charge < -0.3 is 4.74 Å². The monoisotopic (exact) mass is 195 g/mol. The van der Waals surface area contributed by atoms with E-state index in [0.29, 0.717) is 12.2 Å². The number of carbonyl (C=O) groups is 1. The first-order valence-electron chi connectivity index (χ1n) is 3.09. The van der Waals surface area contributed by atoms with Crippen molar-refractivity contribution in [1.29, 1.82) is 0 Å². The molecule has 0 fully saturated rings. The Labute approximate surface area is 71.6 Å². The Hall–Kier alpha value is -0.770. The van der Waals surface area contributed by atoms with Crippen LogP contribution in [0.15, 0.2) is 12.2 Å². The fourth-order valence-corrected chi connectivity index (χ4v) is 0.254. The van der Waals surface area contributed by atoms with Crippen molar-refractivity contribution in [2.45, 2.75) is 13.8 Å². The zero-order valence-electron chi connectivity index (χ0n) is 6.98. The van der Waals surface area contributed by atoms with Gasteiger partial charge in [-0.25, -0.2) is 4.79 Å². The van der Waals surface area contributed by atoms with E-state index in [0.717, 1.165) is 0 Å². The molecule has 0 aliphatic carbocycles. The Morgan fingerprint density at radius 2 is 1.92 bits per heavy atom. The Bertz CT molecular complexity index is 173. The van der Waals surface area contributed by atoms with Gasteiger partial charge in [-0.05, 0) is 13.8 Å². The number of ether oxygens (including phenoxy) is 1. The van der Waals surface area contributed by atoms with Crippen LogP contribution in [-0.4, -0.2) is 22.4 Å². The molecule has 70 valence electrons. The van der Waals surface area contributed by atoms with Crippen LogP contribution >= 0.6 is 8.25 Å². The van der Waals surface area contributed by atoms with Gasteiger partial charge in [0.1, 0.15) is 0 Å². The van der Waals surface area contributed by atoms with E-state index in [-0.39, 0.29) is 5.97 Å². The van der Waals surface area contributed by atoms with E-state index in [4.69, 9.17) is 14.4 Å². The standard InChI is InChI=1S/C6H10O2.HO3P/c1-4-8-6(7)5(2)3;1-4(2)3/h2,4H2,1,3H3;(H-,1,2,3)/p+1. The molecule has 0 radical (unpaired) electrons. The summed E-state index contributed by atoms with van der Waals surface area (Å²) in [5.41, 5.74) is 0.451. The second-order valence-corrected chi connectivity index (χ2v) is 2.26. The van der Waals surface area contributed by atoms with Gasteiger partial charge in [0.15, 0.2) is 0 Å². The second-order valence-electron chi connectivity index (χ2n) is 1.75. The Balaban J connectivity index is 0. The largest absolute Gasteiger partial charge is 0.692 e. The second kappa shape index (κ2) is 8.33. The summed E-state index contributed by atoms with van der Waals surface area (Å²) in [6.45, 7) is 7.21. The molecular weight excluding hydrogens is 183 g/mol. The molecule has 0 atom stereocenters. The van der Waals surface area contributed by atoms with E-state index in [1.54, 1.807) is 13.8 Å². The van der Waals surface area contributed by atoms with E-state index in [2.05, 4.69) is 11.3 Å². The molecule has 0 saturated heterocycles. The van der Waals surface area contributed by atoms with Crippen LogP contribution in [0.5, 0.6) is 0 Å². The highest BCUT2D eigenvalue weighted by molar-refractivity contribution is 7.30. The van der Waals surface area contributed by atoms with E-state index in [1.807, 2.05) is 0 Å². The highest BCUT2D eigenvalue weighted by Crippen LogP contribution is 1.98. The molecule has 6 heteroatoms. The highest BCUT2D eigenvalue weighted by Gasteiger charge is 1.98. The zero-order valence-corrected chi connectivity index (χ0v) is 7.88. The maximum Gasteiger partial charge on any atom is 0.692 e. The molecule has 0 heterocycles. The van der Waals surface area contributed by atoms with Gasteiger partial charge in [-0.15, -0.1) is 9.79 Å². The third kappa shape index (κ3) is 16.1. The lowest BCUT2D eigenvalue weighted by Crippen LogP contribution is -2.03. The van der Waals surface area contributed by atoms with Crippen molar-refractivity contribution in [2.24, 2.45) is 0 Å². The molecule has 0 aromatic carbocycles. The minimum absolute atomic E-state index is 0.312. The smallest absolute Gasteiger partial charge is 0.463 e. The van der Waals surface area contributed by atoms with Crippen molar-refractivity contribution in [3.05, 3.63) is 12.2 Å². The van der Waals surface area contributed by atoms with Gasteiger partial charge in [-0.2, -0.15) is 0 Å². The molecule has 2 N–H and O–H groups in total. The lowest BCUT2D eigenvalue weighted by molar-refractivity contribution is -0.138. The predicted molar refractivity (Wildman–Crippen MR) is 43.5 cm³/mol. The third-order valence-electron chi connectivity index (χ3n) is 0.624. The molecule has 0 bridgehead atoms. The summed E-state index contributed by atoms with van der Waals surface area (Å²) in [7, 11) is -2.87. The van der Waals surface area contributed by atoms with Crippen molar-refractivity contribution in [1.82, 2.24) is 0 Å². The molecule has 12 heavy (non-hydrogen) atoms. The summed E-state index contributed by atoms with van der Waals surface area (Å²) in [5.74, 6) is -0.312. The first-order valence-corrected chi connectivity index (χ1v) is 4.26. The van der Waals surface area contributed by atoms with Crippen molar-refractivity contribution in [2.75, 3.05) is 6.61 Å². The lowest BCUT2D eigenvalue weighted by Gasteiger charge is -1.96. The molecule has 0 unspecified atom stereocenters. The summed E-state index contributed by atoms with van der Waals surface area (Å²) in [6, 6.07) is 0. The average molecular weight is 195 g/mol. The summed E-state index contributed by atoms with van der Waals surface area (Å²) >= 11 is 0. The topological polar surface area (TPSA) is 83.8 Å². The zero-order chi connectivity index (χ0) is 10.1. The maximum absolute atomic E-state index is 10.4. The van der Waals surface area contributed by atoms with Gasteiger partial charge in [0.2, 0.25) is 0 Å². The molecule has 0 amide bonds. The average Bonchev–Trinajstić information content (AvgIpc) is 1.86. The van der Waals surface area contributed by atoms with Gasteiger partial charge in [0.25, 0.3) is 0 Å². The number of hydrogen-bond donors (Lipinski definition) is 2. The molecule has 0 aromatic rings. The molecule has 0 aromatic heterocycles. The van der Waals surface area contributed by atoms with Gasteiger partial charge in [-0.3, -0.25) is 0 Å². The first-order chi connectivity index (χ1) is 5.41. The quantitative estimate of drug-likeness (QED) is 0.386. The van der Waals surface area contributed by atoms with Crippen LogP contribution in [0.25, 0.3) is 0 Å². The summed E-state index contributed by atoms with van der Waals surface area (Å²) < 4.78 is 13.3. The Morgan fingerprint density at radius 3 is 2.00 bits per heavy atom. The van der Waals surface area contributed by atoms with E-state index in [1.165, 1.54) is 0 Å². The van der Waals surface area contributed by atoms with Crippen LogP contribution in [0.1, 0.15) is 13.8 Å². The fraction of sp³-hybridized carbons (Fsp3) is 0.500. The van der Waals surface area contributed by atoms with Gasteiger partial charge in [0, 0.05) is 10.1 Å². The summed E-state index contributed by atoms with van der Waals surface area (Å²) in [4.78, 5) is 24.7. The van der Waals surface area contributed by atoms with Crippen LogP contribution in [0.3, 0.4) is 0 Å². The Morgan fingerprint density at radius 1 is 1.58 bits per heavy atom. The van der Waals surface area contributed by atoms with Crippen LogP contribution < -0.4 is 0 Å². The van der Waals surface area contributed by atoms with Crippen molar-refractivity contribution >= 4 is 14.2 Å². The molecule has 0 saturated carbocycles. The minimum atomic E-state index is -2.87. The first kappa shape index (κ1) is 13.8. The van der Waals surface area contributed by atoms with Crippen molar-refractivity contribution in [3.8, 4) is 0 Å². The molecule has 0 aliphatic rings. The van der Waals surface area contributed by atoms with E-state index < -0.39 is 8.25 Å². The van der Waals surface area contributed by atoms with Crippen LogP contribution in [0.4, 0.5) is 0 Å². The number of carbonyl (C=O) groups excluding carboxylic acids is 1. The molecule has 0 spiro atoms. The molecule has 0 aliphatic heterocycles. The minimum Gasteiger partial charge on any atom is -0.463 e. The number of esters is 1. The van der Waals surface area contributed by atoms with Gasteiger partial charge >= 0.3 is 14.2 Å². The molecule has 5 nitrogen and oxygen atoms in total. The number of hydrogen-bond acceptors (Lipinski definition) is 3. The van der Waals surface area contributed by atoms with Gasteiger partial charge in [-0.1, -0.05) is 6.58 Å².